The lowest BCUT2D eigenvalue weighted by Crippen LogP contribution is -2.41. The van der Waals surface area contributed by atoms with Gasteiger partial charge in [0.25, 0.3) is 5.91 Å². The van der Waals surface area contributed by atoms with Gasteiger partial charge in [-0.2, -0.15) is 10.2 Å². The van der Waals surface area contributed by atoms with E-state index in [9.17, 15) is 9.59 Å². The van der Waals surface area contributed by atoms with Crippen molar-refractivity contribution >= 4 is 11.8 Å². The summed E-state index contributed by atoms with van der Waals surface area (Å²) in [5.41, 5.74) is 1.48. The Balaban J connectivity index is 1.56. The van der Waals surface area contributed by atoms with Gasteiger partial charge in [0.15, 0.2) is 0 Å². The number of hydrogen-bond donors (Lipinski definition) is 1. The Bertz CT molecular complexity index is 821. The molecule has 4 rings (SSSR count). The van der Waals surface area contributed by atoms with Crippen LogP contribution in [0.25, 0.3) is 0 Å². The highest BCUT2D eigenvalue weighted by molar-refractivity contribution is 5.94. The summed E-state index contributed by atoms with van der Waals surface area (Å²) in [5, 5.41) is 11.5. The second-order valence-corrected chi connectivity index (χ2v) is 7.13. The van der Waals surface area contributed by atoms with Crippen molar-refractivity contribution in [2.45, 2.75) is 57.3 Å². The number of hydrogen-bond acceptors (Lipinski definition) is 4. The monoisotopic (exact) mass is 356 g/mol. The normalized spacial score (nSPS) is 22.8. The molecule has 1 N–H and O–H groups in total. The van der Waals surface area contributed by atoms with Crippen molar-refractivity contribution in [3.05, 3.63) is 35.9 Å². The maximum Gasteiger partial charge on any atom is 0.254 e. The van der Waals surface area contributed by atoms with Crippen LogP contribution in [0.4, 0.5) is 0 Å². The molecular formula is C18H24N6O2. The molecule has 8 heteroatoms. The van der Waals surface area contributed by atoms with Crippen LogP contribution < -0.4 is 5.32 Å². The topological polar surface area (TPSA) is 85.0 Å². The van der Waals surface area contributed by atoms with E-state index in [4.69, 9.17) is 0 Å². The molecule has 0 spiro atoms. The summed E-state index contributed by atoms with van der Waals surface area (Å²) in [6.45, 7) is 2.85. The van der Waals surface area contributed by atoms with Gasteiger partial charge < -0.3 is 10.2 Å². The molecule has 0 radical (unpaired) electrons. The lowest BCUT2D eigenvalue weighted by atomic mass is 10.0. The largest absolute Gasteiger partial charge is 0.346 e. The third kappa shape index (κ3) is 3.00. The van der Waals surface area contributed by atoms with Crippen LogP contribution in [0, 0.1) is 0 Å². The number of aryl methyl sites for hydroxylation is 2. The van der Waals surface area contributed by atoms with Crippen LogP contribution in [-0.4, -0.2) is 48.4 Å². The van der Waals surface area contributed by atoms with Crippen LogP contribution in [-0.2, 0) is 18.4 Å². The van der Waals surface area contributed by atoms with Crippen LogP contribution in [0.1, 0.15) is 54.7 Å². The molecule has 1 aliphatic carbocycles. The van der Waals surface area contributed by atoms with Crippen LogP contribution >= 0.6 is 0 Å². The fourth-order valence-corrected chi connectivity index (χ4v) is 3.77. The first kappa shape index (κ1) is 16.8. The summed E-state index contributed by atoms with van der Waals surface area (Å²) in [5.74, 6) is -0.0827. The van der Waals surface area contributed by atoms with E-state index in [0.717, 1.165) is 31.5 Å². The highest BCUT2D eigenvalue weighted by atomic mass is 16.2. The van der Waals surface area contributed by atoms with Crippen molar-refractivity contribution in [2.24, 2.45) is 7.05 Å². The zero-order chi connectivity index (χ0) is 18.3. The zero-order valence-electron chi connectivity index (χ0n) is 15.1. The fourth-order valence-electron chi connectivity index (χ4n) is 3.77. The summed E-state index contributed by atoms with van der Waals surface area (Å²) in [6.07, 6.45) is 8.42. The Labute approximate surface area is 152 Å². The molecule has 138 valence electrons. The van der Waals surface area contributed by atoms with Crippen molar-refractivity contribution in [2.75, 3.05) is 0 Å². The average molecular weight is 356 g/mol. The van der Waals surface area contributed by atoms with Gasteiger partial charge >= 0.3 is 0 Å². The third-order valence-corrected chi connectivity index (χ3v) is 5.13. The zero-order valence-corrected chi connectivity index (χ0v) is 15.1. The quantitative estimate of drug-likeness (QED) is 0.844. The lowest BCUT2D eigenvalue weighted by Gasteiger charge is -2.28. The smallest absolute Gasteiger partial charge is 0.254 e. The average Bonchev–Trinajstić information content (AvgIpc) is 3.02. The van der Waals surface area contributed by atoms with Crippen molar-refractivity contribution in [1.29, 1.82) is 0 Å². The fraction of sp³-hybridized carbons (Fsp3) is 0.556. The summed E-state index contributed by atoms with van der Waals surface area (Å²) >= 11 is 0. The van der Waals surface area contributed by atoms with Gasteiger partial charge in [0.1, 0.15) is 0 Å². The van der Waals surface area contributed by atoms with E-state index in [0.29, 0.717) is 12.0 Å². The number of aromatic nitrogens is 4. The van der Waals surface area contributed by atoms with Gasteiger partial charge in [-0.3, -0.25) is 19.0 Å². The van der Waals surface area contributed by atoms with E-state index in [2.05, 4.69) is 22.4 Å². The number of amides is 2. The van der Waals surface area contributed by atoms with Gasteiger partial charge in [0.2, 0.25) is 5.91 Å². The minimum absolute atomic E-state index is 0.102. The third-order valence-electron chi connectivity index (χ3n) is 5.13. The molecule has 0 bridgehead atoms. The minimum Gasteiger partial charge on any atom is -0.346 e. The SMILES string of the molecule is CCCn1cc(C(=O)N[C@@H]2CC(=O)N(C3CC3)[C@H]2c2ccnn2C)cn1. The molecule has 2 aromatic heterocycles. The Morgan fingerprint density at radius 3 is 2.81 bits per heavy atom. The Kier molecular flexibility index (Phi) is 4.26. The Morgan fingerprint density at radius 2 is 2.15 bits per heavy atom. The molecule has 26 heavy (non-hydrogen) atoms. The van der Waals surface area contributed by atoms with Crippen LogP contribution in [0.2, 0.25) is 0 Å². The van der Waals surface area contributed by atoms with Crippen LogP contribution in [0.3, 0.4) is 0 Å². The second-order valence-electron chi connectivity index (χ2n) is 7.13. The van der Waals surface area contributed by atoms with Crippen LogP contribution in [0.5, 0.6) is 0 Å². The first-order chi connectivity index (χ1) is 12.6. The molecule has 2 amide bonds. The van der Waals surface area contributed by atoms with Crippen molar-refractivity contribution in [3.63, 3.8) is 0 Å². The maximum atomic E-state index is 12.7. The number of carbonyl (C=O) groups is 2. The summed E-state index contributed by atoms with van der Waals surface area (Å²) in [4.78, 5) is 27.3. The van der Waals surface area contributed by atoms with Gasteiger partial charge in [0, 0.05) is 38.4 Å². The standard InChI is InChI=1S/C18H24N6O2/c1-3-8-23-11-12(10-20-23)18(26)21-14-9-16(25)24(13-4-5-13)17(14)15-6-7-19-22(15)2/h6-7,10-11,13-14,17H,3-5,8-9H2,1-2H3,(H,21,26)/t14-,17-/m1/s1. The molecule has 1 saturated carbocycles. The predicted molar refractivity (Wildman–Crippen MR) is 94.2 cm³/mol. The first-order valence-corrected chi connectivity index (χ1v) is 9.21. The van der Waals surface area contributed by atoms with Crippen molar-refractivity contribution in [1.82, 2.24) is 29.8 Å². The second kappa shape index (κ2) is 6.59. The van der Waals surface area contributed by atoms with Gasteiger partial charge in [-0.15, -0.1) is 0 Å². The molecule has 3 heterocycles. The van der Waals surface area contributed by atoms with E-state index in [-0.39, 0.29) is 29.9 Å². The molecular weight excluding hydrogens is 332 g/mol. The van der Waals surface area contributed by atoms with E-state index < -0.39 is 0 Å². The number of carbonyl (C=O) groups excluding carboxylic acids is 2. The Morgan fingerprint density at radius 1 is 1.35 bits per heavy atom. The highest BCUT2D eigenvalue weighted by Crippen LogP contribution is 2.41. The van der Waals surface area contributed by atoms with Gasteiger partial charge in [-0.25, -0.2) is 0 Å². The van der Waals surface area contributed by atoms with Crippen molar-refractivity contribution in [3.8, 4) is 0 Å². The van der Waals surface area contributed by atoms with E-state index in [1.165, 1.54) is 0 Å². The van der Waals surface area contributed by atoms with Gasteiger partial charge in [0.05, 0.1) is 29.5 Å². The summed E-state index contributed by atoms with van der Waals surface area (Å²) < 4.78 is 3.56. The van der Waals surface area contributed by atoms with Crippen molar-refractivity contribution < 1.29 is 9.59 Å². The molecule has 2 aliphatic rings. The molecule has 0 unspecified atom stereocenters. The number of nitrogens with zero attached hydrogens (tertiary/aromatic N) is 5. The molecule has 1 saturated heterocycles. The number of rotatable bonds is 6. The lowest BCUT2D eigenvalue weighted by molar-refractivity contribution is -0.129. The van der Waals surface area contributed by atoms with Crippen LogP contribution in [0.15, 0.2) is 24.7 Å². The predicted octanol–water partition coefficient (Wildman–Crippen LogP) is 1.26. The molecule has 8 nitrogen and oxygen atoms in total. The number of likely N-dealkylation sites (tertiary alicyclic amines) is 1. The minimum atomic E-state index is -0.263. The molecule has 0 aromatic carbocycles. The van der Waals surface area contributed by atoms with Gasteiger partial charge in [-0.05, 0) is 25.3 Å². The number of nitrogens with one attached hydrogen (secondary N) is 1. The first-order valence-electron chi connectivity index (χ1n) is 9.21. The Hall–Kier alpha value is -2.64. The van der Waals surface area contributed by atoms with E-state index in [1.807, 2.05) is 18.0 Å². The maximum absolute atomic E-state index is 12.7. The molecule has 2 atom stereocenters. The highest BCUT2D eigenvalue weighted by Gasteiger charge is 2.48. The van der Waals surface area contributed by atoms with E-state index in [1.54, 1.807) is 28.0 Å². The summed E-state index contributed by atoms with van der Waals surface area (Å²) in [6, 6.07) is 1.78. The molecule has 2 aromatic rings. The van der Waals surface area contributed by atoms with Gasteiger partial charge in [-0.1, -0.05) is 6.92 Å². The van der Waals surface area contributed by atoms with E-state index >= 15 is 0 Å². The summed E-state index contributed by atoms with van der Waals surface area (Å²) in [7, 11) is 1.87. The molecule has 2 fully saturated rings. The molecule has 1 aliphatic heterocycles.